The lowest BCUT2D eigenvalue weighted by atomic mass is 10.00. The Labute approximate surface area is 73.2 Å². The van der Waals surface area contributed by atoms with Crippen molar-refractivity contribution in [3.05, 3.63) is 35.4 Å². The summed E-state index contributed by atoms with van der Waals surface area (Å²) in [6.07, 6.45) is -4.34. The van der Waals surface area contributed by atoms with Crippen LogP contribution in [0.2, 0.25) is 0 Å². The molecule has 1 nitrogen and oxygen atoms in total. The largest absolute Gasteiger partial charge is 0.416 e. The molecule has 13 heavy (non-hydrogen) atoms. The predicted octanol–water partition coefficient (Wildman–Crippen LogP) is 2.91. The van der Waals surface area contributed by atoms with Gasteiger partial charge in [-0.15, -0.1) is 0 Å². The van der Waals surface area contributed by atoms with Crippen molar-refractivity contribution in [2.75, 3.05) is 0 Å². The molecular weight excluding hydrogens is 180 g/mol. The molecule has 0 aromatic heterocycles. The maximum atomic E-state index is 12.0. The van der Waals surface area contributed by atoms with Crippen molar-refractivity contribution in [2.45, 2.75) is 13.1 Å². The fourth-order valence-corrected chi connectivity index (χ4v) is 0.894. The van der Waals surface area contributed by atoms with Gasteiger partial charge in [0.1, 0.15) is 0 Å². The Kier molecular flexibility index (Phi) is 2.40. The molecule has 0 heterocycles. The van der Waals surface area contributed by atoms with Crippen molar-refractivity contribution in [1.29, 1.82) is 0 Å². The molecule has 0 bridgehead atoms. The van der Waals surface area contributed by atoms with E-state index in [2.05, 4.69) is 0 Å². The highest BCUT2D eigenvalue weighted by Crippen LogP contribution is 2.28. The van der Waals surface area contributed by atoms with Gasteiger partial charge in [-0.3, -0.25) is 4.79 Å². The molecule has 70 valence electrons. The monoisotopic (exact) mass is 187 g/mol. The Morgan fingerprint density at radius 2 is 1.62 bits per heavy atom. The van der Waals surface area contributed by atoms with Crippen molar-refractivity contribution in [2.24, 2.45) is 0 Å². The minimum absolute atomic E-state index is 0.242. The van der Waals surface area contributed by atoms with Gasteiger partial charge in [-0.1, -0.05) is 12.1 Å². The van der Waals surface area contributed by atoms with Crippen LogP contribution < -0.4 is 0 Å². The van der Waals surface area contributed by atoms with Gasteiger partial charge < -0.3 is 0 Å². The molecule has 1 aromatic carbocycles. The Morgan fingerprint density at radius 1 is 1.15 bits per heavy atom. The van der Waals surface area contributed by atoms with Crippen molar-refractivity contribution in [3.8, 4) is 0 Å². The first-order valence-corrected chi connectivity index (χ1v) is 3.59. The molecule has 0 aliphatic rings. The third-order valence-electron chi connectivity index (χ3n) is 1.62. The molecule has 4 heteroatoms. The summed E-state index contributed by atoms with van der Waals surface area (Å²) in [4.78, 5) is 10.7. The highest BCUT2D eigenvalue weighted by atomic mass is 19.4. The van der Waals surface area contributed by atoms with Gasteiger partial charge in [-0.25, -0.2) is 0 Å². The van der Waals surface area contributed by atoms with Gasteiger partial charge in [0.25, 0.3) is 0 Å². The molecule has 0 saturated carbocycles. The Balaban J connectivity index is 3.01. The van der Waals surface area contributed by atoms with Gasteiger partial charge in [0.2, 0.25) is 0 Å². The topological polar surface area (TPSA) is 17.1 Å². The van der Waals surface area contributed by atoms with E-state index in [4.69, 9.17) is 0 Å². The van der Waals surface area contributed by atoms with Gasteiger partial charge in [-0.2, -0.15) is 13.2 Å². The predicted molar refractivity (Wildman–Crippen MR) is 41.4 cm³/mol. The average molecular weight is 187 g/mol. The van der Waals surface area contributed by atoms with E-state index in [1.54, 1.807) is 0 Å². The lowest BCUT2D eigenvalue weighted by Crippen LogP contribution is -2.05. The number of rotatable bonds is 1. The van der Waals surface area contributed by atoms with E-state index >= 15 is 0 Å². The fraction of sp³-hybridized carbons (Fsp3) is 0.222. The summed E-state index contributed by atoms with van der Waals surface area (Å²) in [5.74, 6) is -0.242. The van der Waals surface area contributed by atoms with Crippen LogP contribution in [0.15, 0.2) is 24.3 Å². The van der Waals surface area contributed by atoms with Crippen LogP contribution in [0.25, 0.3) is 0 Å². The molecule has 0 N–H and O–H groups in total. The standard InChI is InChI=1S/C9H7F3O/c1-6(13)7-2-4-8(5-3-7)9(10,11)12/h2-5H,1H3/i1-1. The molecule has 0 atom stereocenters. The Bertz CT molecular complexity index is 311. The van der Waals surface area contributed by atoms with Gasteiger partial charge >= 0.3 is 6.18 Å². The highest BCUT2D eigenvalue weighted by Gasteiger charge is 2.29. The average Bonchev–Trinajstić information content (AvgIpc) is 2.03. The first-order valence-electron chi connectivity index (χ1n) is 3.59. The number of ketones is 1. The van der Waals surface area contributed by atoms with E-state index < -0.39 is 11.7 Å². The summed E-state index contributed by atoms with van der Waals surface area (Å²) in [5.41, 5.74) is -0.453. The van der Waals surface area contributed by atoms with Gasteiger partial charge in [-0.05, 0) is 19.1 Å². The number of carbonyl (C=O) groups excluding carboxylic acids is 1. The zero-order valence-electron chi connectivity index (χ0n) is 6.85. The molecule has 0 radical (unpaired) electrons. The number of Topliss-reactive ketones (excluding diaryl/α,β-unsaturated/α-hetero) is 1. The zero-order valence-corrected chi connectivity index (χ0v) is 6.85. The van der Waals surface area contributed by atoms with Crippen LogP contribution in [-0.2, 0) is 6.18 Å². The number of carbonyl (C=O) groups is 1. The van der Waals surface area contributed by atoms with Crippen molar-refractivity contribution < 1.29 is 18.0 Å². The van der Waals surface area contributed by atoms with Crippen molar-refractivity contribution in [1.82, 2.24) is 0 Å². The molecule has 1 rings (SSSR count). The zero-order chi connectivity index (χ0) is 10.1. The van der Waals surface area contributed by atoms with Crippen molar-refractivity contribution >= 4 is 5.78 Å². The molecule has 0 spiro atoms. The maximum Gasteiger partial charge on any atom is 0.416 e. The summed E-state index contributed by atoms with van der Waals surface area (Å²) >= 11 is 0. The molecule has 1 aromatic rings. The van der Waals surface area contributed by atoms with Gasteiger partial charge in [0.05, 0.1) is 5.56 Å². The number of hydrogen-bond acceptors (Lipinski definition) is 1. The molecule has 0 amide bonds. The van der Waals surface area contributed by atoms with Crippen molar-refractivity contribution in [3.63, 3.8) is 0 Å². The summed E-state index contributed by atoms with van der Waals surface area (Å²) in [6, 6.07) is 4.14. The number of alkyl halides is 3. The smallest absolute Gasteiger partial charge is 0.295 e. The molecule has 0 saturated heterocycles. The molecule has 0 aliphatic carbocycles. The van der Waals surface area contributed by atoms with Crippen LogP contribution >= 0.6 is 0 Å². The summed E-state index contributed by atoms with van der Waals surface area (Å²) < 4.78 is 36.1. The summed E-state index contributed by atoms with van der Waals surface area (Å²) in [6.45, 7) is 1.31. The minimum atomic E-state index is -4.34. The van der Waals surface area contributed by atoms with Crippen LogP contribution in [0.1, 0.15) is 22.8 Å². The lowest BCUT2D eigenvalue weighted by molar-refractivity contribution is -0.137. The van der Waals surface area contributed by atoms with Crippen LogP contribution in [0.5, 0.6) is 0 Å². The number of hydrogen-bond donors (Lipinski definition) is 0. The Morgan fingerprint density at radius 3 is 1.92 bits per heavy atom. The summed E-state index contributed by atoms with van der Waals surface area (Å²) in [5, 5.41) is 0. The molecule has 0 unspecified atom stereocenters. The summed E-state index contributed by atoms with van der Waals surface area (Å²) in [7, 11) is 0. The van der Waals surface area contributed by atoms with Gasteiger partial charge in [0, 0.05) is 5.56 Å². The SMILES string of the molecule is [11CH3]C(=O)c1ccc(C(F)(F)F)cc1. The second kappa shape index (κ2) is 3.20. The number of benzene rings is 1. The second-order valence-corrected chi connectivity index (χ2v) is 2.63. The van der Waals surface area contributed by atoms with E-state index in [-0.39, 0.29) is 11.3 Å². The lowest BCUT2D eigenvalue weighted by Gasteiger charge is -2.05. The van der Waals surface area contributed by atoms with E-state index in [1.807, 2.05) is 0 Å². The molecule has 0 aliphatic heterocycles. The Hall–Kier alpha value is -1.32. The van der Waals surface area contributed by atoms with Crippen LogP contribution in [-0.4, -0.2) is 5.78 Å². The normalized spacial score (nSPS) is 11.4. The maximum absolute atomic E-state index is 12.0. The van der Waals surface area contributed by atoms with Gasteiger partial charge in [0.15, 0.2) is 5.78 Å². The second-order valence-electron chi connectivity index (χ2n) is 2.63. The molecular formula is C9H7F3O. The van der Waals surface area contributed by atoms with E-state index in [1.165, 1.54) is 19.1 Å². The minimum Gasteiger partial charge on any atom is -0.295 e. The fourth-order valence-electron chi connectivity index (χ4n) is 0.894. The quantitative estimate of drug-likeness (QED) is 0.618. The van der Waals surface area contributed by atoms with E-state index in [0.29, 0.717) is 0 Å². The van der Waals surface area contributed by atoms with E-state index in [9.17, 15) is 18.0 Å². The third-order valence-corrected chi connectivity index (χ3v) is 1.62. The van der Waals surface area contributed by atoms with E-state index in [0.717, 1.165) is 12.1 Å². The van der Waals surface area contributed by atoms with Crippen LogP contribution in [0.3, 0.4) is 0 Å². The van der Waals surface area contributed by atoms with Crippen LogP contribution in [0.4, 0.5) is 13.2 Å². The highest BCUT2D eigenvalue weighted by molar-refractivity contribution is 5.94. The number of halogens is 3. The molecule has 0 fully saturated rings. The first-order chi connectivity index (χ1) is 5.91. The first kappa shape index (κ1) is 9.77. The third kappa shape index (κ3) is 2.31. The van der Waals surface area contributed by atoms with Crippen LogP contribution in [0, 0.1) is 0 Å².